The standard InChI is InChI=1S/C18H25FN4S/c1-4-16-13(3)24-17(23-16)10-11-21-18(20-5-2)22-12-14-6-8-15(19)9-7-14/h6-9H,4-5,10-12H2,1-3H3,(H2,20,21,22). The van der Waals surface area contributed by atoms with Gasteiger partial charge >= 0.3 is 0 Å². The van der Waals surface area contributed by atoms with Crippen LogP contribution in [0.4, 0.5) is 4.39 Å². The molecular weight excluding hydrogens is 323 g/mol. The second-order valence-corrected chi connectivity index (χ2v) is 6.75. The summed E-state index contributed by atoms with van der Waals surface area (Å²) in [7, 11) is 0. The number of rotatable bonds is 7. The summed E-state index contributed by atoms with van der Waals surface area (Å²) in [5, 5.41) is 7.71. The molecule has 0 aliphatic rings. The number of aromatic nitrogens is 1. The molecule has 0 amide bonds. The summed E-state index contributed by atoms with van der Waals surface area (Å²) < 4.78 is 12.9. The molecule has 24 heavy (non-hydrogen) atoms. The molecule has 1 aromatic heterocycles. The van der Waals surface area contributed by atoms with E-state index in [1.54, 1.807) is 23.5 Å². The number of nitrogens with zero attached hydrogens (tertiary/aromatic N) is 2. The van der Waals surface area contributed by atoms with E-state index < -0.39 is 0 Å². The molecule has 2 rings (SSSR count). The monoisotopic (exact) mass is 348 g/mol. The summed E-state index contributed by atoms with van der Waals surface area (Å²) in [6.45, 7) is 8.40. The van der Waals surface area contributed by atoms with E-state index in [0.29, 0.717) is 6.54 Å². The number of aryl methyl sites for hydroxylation is 2. The Hall–Kier alpha value is -1.95. The lowest BCUT2D eigenvalue weighted by molar-refractivity contribution is 0.627. The molecule has 2 N–H and O–H groups in total. The average molecular weight is 348 g/mol. The van der Waals surface area contributed by atoms with Crippen LogP contribution in [0.5, 0.6) is 0 Å². The Balaban J connectivity index is 1.87. The average Bonchev–Trinajstić information content (AvgIpc) is 2.94. The van der Waals surface area contributed by atoms with Crippen molar-refractivity contribution in [3.8, 4) is 0 Å². The van der Waals surface area contributed by atoms with Crippen LogP contribution in [0.3, 0.4) is 0 Å². The predicted octanol–water partition coefficient (Wildman–Crippen LogP) is 3.45. The lowest BCUT2D eigenvalue weighted by Crippen LogP contribution is -2.38. The highest BCUT2D eigenvalue weighted by Gasteiger charge is 2.06. The minimum Gasteiger partial charge on any atom is -0.357 e. The van der Waals surface area contributed by atoms with Crippen LogP contribution in [0.2, 0.25) is 0 Å². The zero-order chi connectivity index (χ0) is 17.4. The summed E-state index contributed by atoms with van der Waals surface area (Å²) in [5.41, 5.74) is 2.18. The normalized spacial score (nSPS) is 11.6. The molecule has 1 heterocycles. The van der Waals surface area contributed by atoms with Gasteiger partial charge in [0, 0.05) is 24.4 Å². The van der Waals surface area contributed by atoms with Gasteiger partial charge in [-0.05, 0) is 38.0 Å². The molecule has 0 spiro atoms. The first kappa shape index (κ1) is 18.4. The number of guanidine groups is 1. The number of hydrogen-bond acceptors (Lipinski definition) is 3. The minimum atomic E-state index is -0.224. The third kappa shape index (κ3) is 5.60. The van der Waals surface area contributed by atoms with E-state index in [-0.39, 0.29) is 5.82 Å². The van der Waals surface area contributed by atoms with Gasteiger partial charge < -0.3 is 10.6 Å². The Labute approximate surface area is 147 Å². The smallest absolute Gasteiger partial charge is 0.191 e. The van der Waals surface area contributed by atoms with Crippen molar-refractivity contribution in [1.29, 1.82) is 0 Å². The largest absolute Gasteiger partial charge is 0.357 e. The van der Waals surface area contributed by atoms with Crippen LogP contribution in [0, 0.1) is 12.7 Å². The molecule has 0 atom stereocenters. The van der Waals surface area contributed by atoms with E-state index in [0.717, 1.165) is 42.5 Å². The zero-order valence-corrected chi connectivity index (χ0v) is 15.3. The van der Waals surface area contributed by atoms with Crippen LogP contribution in [0.25, 0.3) is 0 Å². The second kappa shape index (κ2) is 9.37. The molecule has 0 unspecified atom stereocenters. The molecule has 2 aromatic rings. The van der Waals surface area contributed by atoms with Crippen LogP contribution in [0.1, 0.15) is 35.0 Å². The van der Waals surface area contributed by atoms with E-state index in [9.17, 15) is 4.39 Å². The van der Waals surface area contributed by atoms with Gasteiger partial charge in [0.15, 0.2) is 5.96 Å². The molecule has 1 aromatic carbocycles. The maximum absolute atomic E-state index is 12.9. The van der Waals surface area contributed by atoms with Gasteiger partial charge in [-0.3, -0.25) is 0 Å². The van der Waals surface area contributed by atoms with E-state index >= 15 is 0 Å². The Morgan fingerprint density at radius 3 is 2.58 bits per heavy atom. The first-order chi connectivity index (χ1) is 11.6. The SMILES string of the molecule is CCNC(=NCc1ccc(F)cc1)NCCc1nc(CC)c(C)s1. The van der Waals surface area contributed by atoms with Crippen molar-refractivity contribution in [3.63, 3.8) is 0 Å². The van der Waals surface area contributed by atoms with Crippen LogP contribution in [-0.4, -0.2) is 24.0 Å². The van der Waals surface area contributed by atoms with E-state index in [4.69, 9.17) is 0 Å². The van der Waals surface area contributed by atoms with Gasteiger partial charge in [0.25, 0.3) is 0 Å². The van der Waals surface area contributed by atoms with E-state index in [2.05, 4.69) is 34.5 Å². The third-order valence-electron chi connectivity index (χ3n) is 3.58. The molecule has 0 radical (unpaired) electrons. The van der Waals surface area contributed by atoms with Gasteiger partial charge in [0.2, 0.25) is 0 Å². The van der Waals surface area contributed by atoms with Crippen LogP contribution in [-0.2, 0) is 19.4 Å². The van der Waals surface area contributed by atoms with Crippen LogP contribution < -0.4 is 10.6 Å². The maximum Gasteiger partial charge on any atom is 0.191 e. The second-order valence-electron chi connectivity index (χ2n) is 5.46. The van der Waals surface area contributed by atoms with Crippen molar-refractivity contribution in [2.75, 3.05) is 13.1 Å². The first-order valence-electron chi connectivity index (χ1n) is 8.34. The van der Waals surface area contributed by atoms with Crippen LogP contribution in [0.15, 0.2) is 29.3 Å². The number of benzene rings is 1. The molecule has 0 saturated carbocycles. The molecule has 0 saturated heterocycles. The van der Waals surface area contributed by atoms with Gasteiger partial charge in [-0.1, -0.05) is 19.1 Å². The van der Waals surface area contributed by atoms with Gasteiger partial charge in [0.1, 0.15) is 5.82 Å². The zero-order valence-electron chi connectivity index (χ0n) is 14.5. The number of thiazole rings is 1. The highest BCUT2D eigenvalue weighted by atomic mass is 32.1. The molecular formula is C18H25FN4S. The quantitative estimate of drug-likeness (QED) is 0.595. The number of aliphatic imine (C=N–C) groups is 1. The van der Waals surface area contributed by atoms with Gasteiger partial charge in [-0.2, -0.15) is 0 Å². The molecule has 0 bridgehead atoms. The van der Waals surface area contributed by atoms with Gasteiger partial charge in [-0.15, -0.1) is 11.3 Å². The highest BCUT2D eigenvalue weighted by molar-refractivity contribution is 7.11. The third-order valence-corrected chi connectivity index (χ3v) is 4.65. The Morgan fingerprint density at radius 1 is 1.21 bits per heavy atom. The maximum atomic E-state index is 12.9. The van der Waals surface area contributed by atoms with Gasteiger partial charge in [-0.25, -0.2) is 14.4 Å². The Morgan fingerprint density at radius 2 is 1.96 bits per heavy atom. The predicted molar refractivity (Wildman–Crippen MR) is 99.2 cm³/mol. The summed E-state index contributed by atoms with van der Waals surface area (Å²) in [6, 6.07) is 6.43. The van der Waals surface area contributed by atoms with Crippen molar-refractivity contribution in [1.82, 2.24) is 15.6 Å². The fraction of sp³-hybridized carbons (Fsp3) is 0.444. The fourth-order valence-electron chi connectivity index (χ4n) is 2.31. The summed E-state index contributed by atoms with van der Waals surface area (Å²) in [5.74, 6) is 0.545. The topological polar surface area (TPSA) is 49.3 Å². The van der Waals surface area contributed by atoms with E-state index in [1.807, 2.05) is 6.92 Å². The lowest BCUT2D eigenvalue weighted by Gasteiger charge is -2.10. The molecule has 0 aliphatic carbocycles. The molecule has 4 nitrogen and oxygen atoms in total. The lowest BCUT2D eigenvalue weighted by atomic mass is 10.2. The summed E-state index contributed by atoms with van der Waals surface area (Å²) in [4.78, 5) is 10.5. The fourth-order valence-corrected chi connectivity index (χ4v) is 3.33. The van der Waals surface area contributed by atoms with Crippen molar-refractivity contribution < 1.29 is 4.39 Å². The Bertz CT molecular complexity index is 664. The number of hydrogen-bond donors (Lipinski definition) is 2. The minimum absolute atomic E-state index is 0.224. The van der Waals surface area contributed by atoms with Crippen molar-refractivity contribution in [2.45, 2.75) is 40.2 Å². The Kier molecular flexibility index (Phi) is 7.18. The highest BCUT2D eigenvalue weighted by Crippen LogP contribution is 2.17. The first-order valence-corrected chi connectivity index (χ1v) is 9.15. The summed E-state index contributed by atoms with van der Waals surface area (Å²) in [6.07, 6.45) is 1.87. The van der Waals surface area contributed by atoms with E-state index in [1.165, 1.54) is 22.7 Å². The van der Waals surface area contributed by atoms with Crippen molar-refractivity contribution in [3.05, 3.63) is 51.2 Å². The molecule has 0 aliphatic heterocycles. The van der Waals surface area contributed by atoms with Crippen molar-refractivity contribution >= 4 is 17.3 Å². The molecule has 130 valence electrons. The van der Waals surface area contributed by atoms with Crippen molar-refractivity contribution in [2.24, 2.45) is 4.99 Å². The number of halogens is 1. The summed E-state index contributed by atoms with van der Waals surface area (Å²) >= 11 is 1.77. The molecule has 6 heteroatoms. The van der Waals surface area contributed by atoms with Crippen LogP contribution >= 0.6 is 11.3 Å². The van der Waals surface area contributed by atoms with Gasteiger partial charge in [0.05, 0.1) is 17.2 Å². The molecule has 0 fully saturated rings. The number of nitrogens with one attached hydrogen (secondary N) is 2.